The van der Waals surface area contributed by atoms with Gasteiger partial charge in [0, 0.05) is 28.2 Å². The standard InChI is InChI=1S/C25H16Br2N2O12/c26-16-5-11(22(34)35)3-12(6-16)23(36)39-10-15-9-20(32)29(21(15)33)41-25(38)14-4-13(7-17(27)8-14)24(37)40-28-18(30)1-2-19(28)31/h3-8,15H,1-2,9-10H2,(H,34,35). The first-order valence-electron chi connectivity index (χ1n) is 11.5. The number of rotatable bonds is 8. The first-order chi connectivity index (χ1) is 19.3. The lowest BCUT2D eigenvalue weighted by Gasteiger charge is -2.15. The number of amides is 4. The lowest BCUT2D eigenvalue weighted by molar-refractivity contribution is -0.174. The first-order valence-corrected chi connectivity index (χ1v) is 13.1. The molecule has 4 amide bonds. The van der Waals surface area contributed by atoms with E-state index in [4.69, 9.17) is 19.5 Å². The lowest BCUT2D eigenvalue weighted by atomic mass is 10.1. The highest BCUT2D eigenvalue weighted by Gasteiger charge is 2.43. The minimum Gasteiger partial charge on any atom is -0.478 e. The van der Waals surface area contributed by atoms with Crippen molar-refractivity contribution in [2.75, 3.05) is 6.61 Å². The van der Waals surface area contributed by atoms with Gasteiger partial charge in [0.2, 0.25) is 0 Å². The molecule has 212 valence electrons. The minimum absolute atomic E-state index is 0.112. The van der Waals surface area contributed by atoms with E-state index in [1.54, 1.807) is 0 Å². The summed E-state index contributed by atoms with van der Waals surface area (Å²) >= 11 is 6.20. The Hall–Kier alpha value is -4.44. The van der Waals surface area contributed by atoms with Gasteiger partial charge in [-0.1, -0.05) is 31.9 Å². The van der Waals surface area contributed by atoms with Gasteiger partial charge < -0.3 is 19.5 Å². The topological polar surface area (TPSA) is 191 Å². The molecule has 2 fully saturated rings. The van der Waals surface area contributed by atoms with Crippen LogP contribution >= 0.6 is 31.9 Å². The summed E-state index contributed by atoms with van der Waals surface area (Å²) in [5.74, 6) is -9.02. The maximum absolute atomic E-state index is 12.7. The summed E-state index contributed by atoms with van der Waals surface area (Å²) in [6, 6.07) is 7.14. The first kappa shape index (κ1) is 29.5. The van der Waals surface area contributed by atoms with Gasteiger partial charge in [0.1, 0.15) is 6.61 Å². The average Bonchev–Trinajstić information content (AvgIpc) is 3.38. The van der Waals surface area contributed by atoms with Gasteiger partial charge >= 0.3 is 23.9 Å². The van der Waals surface area contributed by atoms with E-state index in [1.165, 1.54) is 24.3 Å². The monoisotopic (exact) mass is 694 g/mol. The zero-order chi connectivity index (χ0) is 30.0. The summed E-state index contributed by atoms with van der Waals surface area (Å²) in [6.07, 6.45) is -0.682. The molecule has 1 unspecified atom stereocenters. The molecule has 4 rings (SSSR count). The smallest absolute Gasteiger partial charge is 0.363 e. The maximum atomic E-state index is 12.7. The van der Waals surface area contributed by atoms with E-state index in [0.717, 1.165) is 12.1 Å². The number of hydroxylamine groups is 4. The van der Waals surface area contributed by atoms with Crippen LogP contribution in [0.3, 0.4) is 0 Å². The molecule has 0 bridgehead atoms. The van der Waals surface area contributed by atoms with Crippen molar-refractivity contribution < 1.29 is 57.9 Å². The number of ether oxygens (including phenoxy) is 1. The molecule has 2 aliphatic heterocycles. The highest BCUT2D eigenvalue weighted by Crippen LogP contribution is 2.25. The molecular weight excluding hydrogens is 680 g/mol. The van der Waals surface area contributed by atoms with E-state index in [-0.39, 0.29) is 44.6 Å². The van der Waals surface area contributed by atoms with Crippen LogP contribution in [0.15, 0.2) is 45.3 Å². The van der Waals surface area contributed by atoms with Gasteiger partial charge in [-0.2, -0.15) is 0 Å². The zero-order valence-electron chi connectivity index (χ0n) is 20.5. The highest BCUT2D eigenvalue weighted by molar-refractivity contribution is 9.10. The summed E-state index contributed by atoms with van der Waals surface area (Å²) in [4.78, 5) is 107. The molecule has 2 aliphatic rings. The molecule has 0 aromatic heterocycles. The molecule has 0 aliphatic carbocycles. The third-order valence-corrected chi connectivity index (χ3v) is 6.63. The summed E-state index contributed by atoms with van der Waals surface area (Å²) in [5.41, 5.74) is -0.830. The molecule has 2 heterocycles. The Morgan fingerprint density at radius 2 is 1.17 bits per heavy atom. The molecule has 0 radical (unpaired) electrons. The second kappa shape index (κ2) is 12.0. The number of aromatic carboxylic acids is 1. The van der Waals surface area contributed by atoms with Gasteiger partial charge in [0.25, 0.3) is 23.6 Å². The van der Waals surface area contributed by atoms with Crippen LogP contribution in [0.4, 0.5) is 0 Å². The predicted molar refractivity (Wildman–Crippen MR) is 137 cm³/mol. The van der Waals surface area contributed by atoms with Crippen LogP contribution < -0.4 is 0 Å². The van der Waals surface area contributed by atoms with E-state index >= 15 is 0 Å². The molecule has 16 heteroatoms. The van der Waals surface area contributed by atoms with Gasteiger partial charge in [0.15, 0.2) is 0 Å². The molecule has 1 atom stereocenters. The van der Waals surface area contributed by atoms with Gasteiger partial charge in [-0.05, 0) is 36.4 Å². The quantitative estimate of drug-likeness (QED) is 0.314. The second-order valence-electron chi connectivity index (χ2n) is 8.63. The van der Waals surface area contributed by atoms with Crippen molar-refractivity contribution in [3.63, 3.8) is 0 Å². The number of imide groups is 2. The SMILES string of the molecule is O=C(O)c1cc(Br)cc(C(=O)OCC2CC(=O)N(OC(=O)c3cc(Br)cc(C(=O)ON4C(=O)CCC4=O)c3)C2=O)c1. The normalized spacial score (nSPS) is 16.7. The number of carbonyl (C=O) groups excluding carboxylic acids is 7. The number of carboxylic acids is 1. The van der Waals surface area contributed by atoms with Crippen molar-refractivity contribution >= 4 is 79.4 Å². The van der Waals surface area contributed by atoms with Gasteiger partial charge in [0.05, 0.1) is 28.2 Å². The van der Waals surface area contributed by atoms with Crippen molar-refractivity contribution in [2.45, 2.75) is 19.3 Å². The summed E-state index contributed by atoms with van der Waals surface area (Å²) in [5, 5.41) is 9.69. The Labute approximate surface area is 246 Å². The Morgan fingerprint density at radius 3 is 1.71 bits per heavy atom. The number of hydrogen-bond donors (Lipinski definition) is 1. The zero-order valence-corrected chi connectivity index (χ0v) is 23.6. The van der Waals surface area contributed by atoms with Crippen molar-refractivity contribution in [1.82, 2.24) is 10.1 Å². The van der Waals surface area contributed by atoms with Crippen molar-refractivity contribution in [2.24, 2.45) is 5.92 Å². The molecule has 1 N–H and O–H groups in total. The van der Waals surface area contributed by atoms with E-state index in [9.17, 15) is 38.4 Å². The summed E-state index contributed by atoms with van der Waals surface area (Å²) in [6.45, 7) is -0.562. The van der Waals surface area contributed by atoms with Crippen molar-refractivity contribution in [1.29, 1.82) is 0 Å². The molecule has 0 saturated carbocycles. The van der Waals surface area contributed by atoms with Crippen LogP contribution in [-0.2, 0) is 33.6 Å². The summed E-state index contributed by atoms with van der Waals surface area (Å²) in [7, 11) is 0. The number of esters is 1. The lowest BCUT2D eigenvalue weighted by Crippen LogP contribution is -2.34. The Kier molecular flexibility index (Phi) is 8.63. The fourth-order valence-electron chi connectivity index (χ4n) is 3.74. The van der Waals surface area contributed by atoms with Crippen LogP contribution in [0.2, 0.25) is 0 Å². The molecule has 2 aromatic rings. The number of hydrogen-bond acceptors (Lipinski definition) is 11. The van der Waals surface area contributed by atoms with Gasteiger partial charge in [-0.3, -0.25) is 19.2 Å². The third kappa shape index (κ3) is 6.66. The minimum atomic E-state index is -1.28. The third-order valence-electron chi connectivity index (χ3n) is 5.72. The number of halogens is 2. The van der Waals surface area contributed by atoms with Crippen molar-refractivity contribution in [3.05, 3.63) is 67.6 Å². The van der Waals surface area contributed by atoms with Crippen molar-refractivity contribution in [3.8, 4) is 0 Å². The van der Waals surface area contributed by atoms with Crippen LogP contribution in [0, 0.1) is 5.92 Å². The average molecular weight is 696 g/mol. The maximum Gasteiger partial charge on any atom is 0.363 e. The largest absolute Gasteiger partial charge is 0.478 e. The Morgan fingerprint density at radius 1 is 0.707 bits per heavy atom. The number of carbonyl (C=O) groups is 8. The summed E-state index contributed by atoms with van der Waals surface area (Å²) < 4.78 is 5.58. The molecule has 2 aromatic carbocycles. The second-order valence-corrected chi connectivity index (χ2v) is 10.5. The fraction of sp³-hybridized carbons (Fsp3) is 0.200. The predicted octanol–water partition coefficient (Wildman–Crippen LogP) is 2.43. The van der Waals surface area contributed by atoms with Crippen LogP contribution in [0.5, 0.6) is 0 Å². The van der Waals surface area contributed by atoms with E-state index in [2.05, 4.69) is 31.9 Å². The van der Waals surface area contributed by atoms with Crippen LogP contribution in [0.1, 0.15) is 60.7 Å². The Balaban J connectivity index is 1.40. The number of carboxylic acid groups (broad SMARTS) is 1. The van der Waals surface area contributed by atoms with E-state index in [1.807, 2.05) is 0 Å². The van der Waals surface area contributed by atoms with Gasteiger partial charge in [-0.15, -0.1) is 10.1 Å². The van der Waals surface area contributed by atoms with Crippen LogP contribution in [0.25, 0.3) is 0 Å². The Bertz CT molecular complexity index is 1520. The fourth-order valence-corrected chi connectivity index (χ4v) is 4.73. The molecule has 0 spiro atoms. The number of nitrogens with zero attached hydrogens (tertiary/aromatic N) is 2. The van der Waals surface area contributed by atoms with E-state index in [0.29, 0.717) is 9.54 Å². The highest BCUT2D eigenvalue weighted by atomic mass is 79.9. The number of benzene rings is 2. The molecular formula is C25H16Br2N2O12. The van der Waals surface area contributed by atoms with E-state index < -0.39 is 66.5 Å². The van der Waals surface area contributed by atoms with Crippen LogP contribution in [-0.4, -0.2) is 69.3 Å². The molecule has 41 heavy (non-hydrogen) atoms. The van der Waals surface area contributed by atoms with Gasteiger partial charge in [-0.25, -0.2) is 19.2 Å². The molecule has 14 nitrogen and oxygen atoms in total. The molecule has 2 saturated heterocycles.